The van der Waals surface area contributed by atoms with E-state index in [2.05, 4.69) is 10.6 Å². The van der Waals surface area contributed by atoms with Crippen LogP contribution in [0.5, 0.6) is 0 Å². The van der Waals surface area contributed by atoms with E-state index in [0.29, 0.717) is 23.7 Å². The molecule has 1 aliphatic heterocycles. The summed E-state index contributed by atoms with van der Waals surface area (Å²) >= 11 is 1.43. The van der Waals surface area contributed by atoms with Crippen LogP contribution in [0.15, 0.2) is 0 Å². The van der Waals surface area contributed by atoms with Crippen LogP contribution < -0.4 is 10.6 Å². The fourth-order valence-electron chi connectivity index (χ4n) is 2.26. The second kappa shape index (κ2) is 6.37. The van der Waals surface area contributed by atoms with E-state index < -0.39 is 0 Å². The lowest BCUT2D eigenvalue weighted by molar-refractivity contribution is -0.119. The number of thiophene rings is 1. The van der Waals surface area contributed by atoms with E-state index in [1.165, 1.54) is 11.3 Å². The molecule has 0 bridgehead atoms. The van der Waals surface area contributed by atoms with Gasteiger partial charge in [-0.3, -0.25) is 4.79 Å². The van der Waals surface area contributed by atoms with Gasteiger partial charge >= 0.3 is 5.97 Å². The van der Waals surface area contributed by atoms with Crippen LogP contribution in [0, 0.1) is 19.8 Å². The Morgan fingerprint density at radius 1 is 1.45 bits per heavy atom. The van der Waals surface area contributed by atoms with Crippen molar-refractivity contribution in [3.63, 3.8) is 0 Å². The van der Waals surface area contributed by atoms with E-state index in [0.717, 1.165) is 23.4 Å². The topological polar surface area (TPSA) is 67.4 Å². The van der Waals surface area contributed by atoms with Crippen molar-refractivity contribution in [1.82, 2.24) is 5.32 Å². The van der Waals surface area contributed by atoms with Crippen molar-refractivity contribution in [3.05, 3.63) is 16.0 Å². The number of carbonyl (C=O) groups is 2. The number of carbonyl (C=O) groups excluding carboxylic acids is 2. The molecule has 1 saturated heterocycles. The third kappa shape index (κ3) is 3.02. The van der Waals surface area contributed by atoms with Gasteiger partial charge in [0.05, 0.1) is 18.1 Å². The van der Waals surface area contributed by atoms with Gasteiger partial charge in [-0.05, 0) is 39.3 Å². The van der Waals surface area contributed by atoms with Crippen molar-refractivity contribution >= 4 is 28.2 Å². The molecule has 20 heavy (non-hydrogen) atoms. The third-order valence-electron chi connectivity index (χ3n) is 3.53. The van der Waals surface area contributed by atoms with Crippen LogP contribution in [-0.4, -0.2) is 31.6 Å². The lowest BCUT2D eigenvalue weighted by atomic mass is 10.1. The summed E-state index contributed by atoms with van der Waals surface area (Å²) in [6, 6.07) is 0. The number of esters is 1. The summed E-state index contributed by atoms with van der Waals surface area (Å²) in [5, 5.41) is 6.66. The zero-order valence-corrected chi connectivity index (χ0v) is 12.9. The van der Waals surface area contributed by atoms with E-state index in [-0.39, 0.29) is 17.8 Å². The maximum Gasteiger partial charge on any atom is 0.341 e. The van der Waals surface area contributed by atoms with Crippen molar-refractivity contribution in [2.45, 2.75) is 27.2 Å². The normalized spacial score (nSPS) is 18.1. The van der Waals surface area contributed by atoms with E-state index in [1.54, 1.807) is 6.92 Å². The van der Waals surface area contributed by atoms with Crippen LogP contribution in [0.3, 0.4) is 0 Å². The highest BCUT2D eigenvalue weighted by Gasteiger charge is 2.26. The number of ether oxygens (including phenoxy) is 1. The lowest BCUT2D eigenvalue weighted by Gasteiger charge is -2.10. The zero-order valence-electron chi connectivity index (χ0n) is 12.0. The largest absolute Gasteiger partial charge is 0.462 e. The molecule has 0 saturated carbocycles. The van der Waals surface area contributed by atoms with Gasteiger partial charge < -0.3 is 15.4 Å². The highest BCUT2D eigenvalue weighted by Crippen LogP contribution is 2.33. The van der Waals surface area contributed by atoms with Crippen molar-refractivity contribution in [1.29, 1.82) is 0 Å². The van der Waals surface area contributed by atoms with E-state index in [4.69, 9.17) is 4.74 Å². The van der Waals surface area contributed by atoms with Gasteiger partial charge in [-0.15, -0.1) is 11.3 Å². The minimum Gasteiger partial charge on any atom is -0.462 e. The maximum atomic E-state index is 12.2. The van der Waals surface area contributed by atoms with Crippen molar-refractivity contribution in [3.8, 4) is 0 Å². The predicted octanol–water partition coefficient (Wildman–Crippen LogP) is 2.09. The summed E-state index contributed by atoms with van der Waals surface area (Å²) in [5.41, 5.74) is 1.38. The monoisotopic (exact) mass is 296 g/mol. The van der Waals surface area contributed by atoms with E-state index in [1.807, 2.05) is 13.8 Å². The van der Waals surface area contributed by atoms with Crippen LogP contribution in [0.1, 0.15) is 34.1 Å². The average molecular weight is 296 g/mol. The molecule has 6 heteroatoms. The Balaban J connectivity index is 2.20. The molecule has 2 N–H and O–H groups in total. The minimum absolute atomic E-state index is 0.0206. The smallest absolute Gasteiger partial charge is 0.341 e. The highest BCUT2D eigenvalue weighted by molar-refractivity contribution is 7.16. The first kappa shape index (κ1) is 15.0. The first-order chi connectivity index (χ1) is 9.54. The molecule has 1 aromatic heterocycles. The van der Waals surface area contributed by atoms with Crippen LogP contribution in [0.25, 0.3) is 0 Å². The summed E-state index contributed by atoms with van der Waals surface area (Å²) in [4.78, 5) is 25.2. The molecule has 110 valence electrons. The first-order valence-corrected chi connectivity index (χ1v) is 7.65. The van der Waals surface area contributed by atoms with Crippen LogP contribution in [0.4, 0.5) is 5.00 Å². The van der Waals surface area contributed by atoms with E-state index in [9.17, 15) is 9.59 Å². The summed E-state index contributed by atoms with van der Waals surface area (Å²) < 4.78 is 5.07. The van der Waals surface area contributed by atoms with Gasteiger partial charge in [-0.1, -0.05) is 0 Å². The number of hydrogen-bond donors (Lipinski definition) is 2. The van der Waals surface area contributed by atoms with Gasteiger partial charge in [0.2, 0.25) is 5.91 Å². The Hall–Kier alpha value is -1.40. The second-order valence-electron chi connectivity index (χ2n) is 4.89. The van der Waals surface area contributed by atoms with Crippen molar-refractivity contribution in [2.75, 3.05) is 25.0 Å². The summed E-state index contributed by atoms with van der Waals surface area (Å²) in [6.45, 7) is 7.48. The highest BCUT2D eigenvalue weighted by atomic mass is 32.1. The van der Waals surface area contributed by atoms with Gasteiger partial charge in [0.25, 0.3) is 0 Å². The third-order valence-corrected chi connectivity index (χ3v) is 4.66. The Morgan fingerprint density at radius 2 is 2.20 bits per heavy atom. The molecule has 5 nitrogen and oxygen atoms in total. The van der Waals surface area contributed by atoms with E-state index >= 15 is 0 Å². The Labute approximate surface area is 122 Å². The molecular weight excluding hydrogens is 276 g/mol. The summed E-state index contributed by atoms with van der Waals surface area (Å²) in [6.07, 6.45) is 0.837. The molecule has 1 unspecified atom stereocenters. The quantitative estimate of drug-likeness (QED) is 0.835. The number of nitrogens with one attached hydrogen (secondary N) is 2. The Kier molecular flexibility index (Phi) is 4.77. The molecule has 1 aliphatic rings. The maximum absolute atomic E-state index is 12.2. The minimum atomic E-state index is -0.366. The molecule has 0 spiro atoms. The average Bonchev–Trinajstić information content (AvgIpc) is 3.00. The van der Waals surface area contributed by atoms with Gasteiger partial charge in [0.1, 0.15) is 5.00 Å². The molecule has 1 aromatic rings. The predicted molar refractivity (Wildman–Crippen MR) is 79.4 cm³/mol. The molecule has 0 aliphatic carbocycles. The van der Waals surface area contributed by atoms with Gasteiger partial charge in [0, 0.05) is 11.4 Å². The number of amides is 1. The molecule has 1 fully saturated rings. The molecular formula is C14H20N2O3S. The number of rotatable bonds is 4. The molecule has 2 rings (SSSR count). The van der Waals surface area contributed by atoms with Crippen molar-refractivity contribution < 1.29 is 14.3 Å². The Bertz CT molecular complexity index is 519. The molecule has 0 aromatic carbocycles. The lowest BCUT2D eigenvalue weighted by Crippen LogP contribution is -2.25. The fraction of sp³-hybridized carbons (Fsp3) is 0.571. The van der Waals surface area contributed by atoms with Gasteiger partial charge in [-0.25, -0.2) is 4.79 Å². The van der Waals surface area contributed by atoms with Crippen LogP contribution >= 0.6 is 11.3 Å². The zero-order chi connectivity index (χ0) is 14.7. The second-order valence-corrected chi connectivity index (χ2v) is 6.11. The van der Waals surface area contributed by atoms with Crippen molar-refractivity contribution in [2.24, 2.45) is 5.92 Å². The van der Waals surface area contributed by atoms with Gasteiger partial charge in [-0.2, -0.15) is 0 Å². The number of anilines is 1. The van der Waals surface area contributed by atoms with Gasteiger partial charge in [0.15, 0.2) is 0 Å². The number of aryl methyl sites for hydroxylation is 1. The first-order valence-electron chi connectivity index (χ1n) is 6.83. The SMILES string of the molecule is CCOC(=O)c1c(NC(=O)C2CCNC2)sc(C)c1C. The summed E-state index contributed by atoms with van der Waals surface area (Å²) in [5.74, 6) is -0.413. The molecule has 0 radical (unpaired) electrons. The fourth-order valence-corrected chi connectivity index (χ4v) is 3.31. The number of hydrogen-bond acceptors (Lipinski definition) is 5. The standard InChI is InChI=1S/C14H20N2O3S/c1-4-19-14(18)11-8(2)9(3)20-13(11)16-12(17)10-5-6-15-7-10/h10,15H,4-7H2,1-3H3,(H,16,17). The van der Waals surface area contributed by atoms with Crippen LogP contribution in [0.2, 0.25) is 0 Å². The molecule has 1 amide bonds. The molecule has 2 heterocycles. The molecule has 1 atom stereocenters. The van der Waals surface area contributed by atoms with Crippen LogP contribution in [-0.2, 0) is 9.53 Å². The summed E-state index contributed by atoms with van der Waals surface area (Å²) in [7, 11) is 0. The Morgan fingerprint density at radius 3 is 2.80 bits per heavy atom.